The maximum Gasteiger partial charge on any atom is 0.259 e. The van der Waals surface area contributed by atoms with Crippen molar-refractivity contribution in [3.8, 4) is 17.8 Å². The van der Waals surface area contributed by atoms with Crippen molar-refractivity contribution in [2.24, 2.45) is 10.2 Å². The molecule has 0 fully saturated rings. The fourth-order valence-corrected chi connectivity index (χ4v) is 3.67. The Hall–Kier alpha value is -5.43. The van der Waals surface area contributed by atoms with Crippen LogP contribution in [0.2, 0.25) is 0 Å². The van der Waals surface area contributed by atoms with Gasteiger partial charge in [-0.05, 0) is 42.1 Å². The SMILES string of the molecule is Cc1cccc(NC(=O)c2cc3ccccc3c(N=Nc3c(C#N)cnn3-c3ncccn3)c2O)c1. The molecule has 0 saturated carbocycles. The van der Waals surface area contributed by atoms with Gasteiger partial charge in [0.2, 0.25) is 0 Å². The number of phenolic OH excluding ortho intramolecular Hbond substituents is 1. The molecule has 0 aliphatic rings. The molecule has 0 saturated heterocycles. The Morgan fingerprint density at radius 2 is 1.86 bits per heavy atom. The first-order valence-electron chi connectivity index (χ1n) is 10.8. The molecule has 5 aromatic rings. The lowest BCUT2D eigenvalue weighted by Crippen LogP contribution is -2.12. The van der Waals surface area contributed by atoms with Gasteiger partial charge in [0.15, 0.2) is 11.6 Å². The third kappa shape index (κ3) is 4.24. The molecule has 0 aliphatic carbocycles. The van der Waals surface area contributed by atoms with E-state index in [1.807, 2.05) is 37.3 Å². The topological polar surface area (TPSA) is 141 Å². The minimum absolute atomic E-state index is 0.0320. The van der Waals surface area contributed by atoms with Gasteiger partial charge in [-0.25, -0.2) is 9.97 Å². The summed E-state index contributed by atoms with van der Waals surface area (Å²) in [6.07, 6.45) is 4.40. The Kier molecular flexibility index (Phi) is 5.86. The molecule has 2 heterocycles. The van der Waals surface area contributed by atoms with Gasteiger partial charge in [-0.15, -0.1) is 10.2 Å². The Morgan fingerprint density at radius 1 is 1.06 bits per heavy atom. The summed E-state index contributed by atoms with van der Waals surface area (Å²) in [6.45, 7) is 1.92. The molecule has 5 rings (SSSR count). The molecule has 10 nitrogen and oxygen atoms in total. The average molecular weight is 474 g/mol. The number of rotatable bonds is 5. The zero-order valence-electron chi connectivity index (χ0n) is 19.0. The van der Waals surface area contributed by atoms with E-state index >= 15 is 0 Å². The van der Waals surface area contributed by atoms with E-state index in [4.69, 9.17) is 0 Å². The van der Waals surface area contributed by atoms with Crippen molar-refractivity contribution in [1.29, 1.82) is 5.26 Å². The molecule has 0 unspecified atom stereocenters. The minimum Gasteiger partial charge on any atom is -0.505 e. The number of aromatic nitrogens is 4. The van der Waals surface area contributed by atoms with Crippen LogP contribution in [-0.2, 0) is 0 Å². The number of azo groups is 1. The summed E-state index contributed by atoms with van der Waals surface area (Å²) in [6, 6.07) is 19.8. The number of nitriles is 1. The molecule has 0 atom stereocenters. The van der Waals surface area contributed by atoms with E-state index in [-0.39, 0.29) is 34.3 Å². The normalized spacial score (nSPS) is 11.0. The van der Waals surface area contributed by atoms with Crippen LogP contribution in [0.4, 0.5) is 17.2 Å². The van der Waals surface area contributed by atoms with Crippen LogP contribution < -0.4 is 5.32 Å². The number of hydrogen-bond donors (Lipinski definition) is 2. The highest BCUT2D eigenvalue weighted by Gasteiger charge is 2.20. The van der Waals surface area contributed by atoms with Gasteiger partial charge in [-0.3, -0.25) is 4.79 Å². The van der Waals surface area contributed by atoms with Gasteiger partial charge in [0, 0.05) is 23.5 Å². The highest BCUT2D eigenvalue weighted by atomic mass is 16.3. The van der Waals surface area contributed by atoms with Crippen LogP contribution in [0, 0.1) is 18.3 Å². The molecule has 0 radical (unpaired) electrons. The molecule has 2 N–H and O–H groups in total. The molecule has 0 spiro atoms. The number of carbonyl (C=O) groups excluding carboxylic acids is 1. The number of nitrogens with one attached hydrogen (secondary N) is 1. The van der Waals surface area contributed by atoms with Gasteiger partial charge in [0.25, 0.3) is 11.9 Å². The van der Waals surface area contributed by atoms with Crippen molar-refractivity contribution in [2.45, 2.75) is 6.92 Å². The maximum absolute atomic E-state index is 13.1. The Bertz CT molecular complexity index is 1670. The molecule has 174 valence electrons. The molecule has 0 aliphatic heterocycles. The molecular weight excluding hydrogens is 456 g/mol. The molecule has 10 heteroatoms. The van der Waals surface area contributed by atoms with Gasteiger partial charge < -0.3 is 10.4 Å². The van der Waals surface area contributed by atoms with Crippen molar-refractivity contribution >= 4 is 33.9 Å². The number of benzene rings is 3. The van der Waals surface area contributed by atoms with Crippen LogP contribution >= 0.6 is 0 Å². The average Bonchev–Trinajstić information content (AvgIpc) is 3.31. The van der Waals surface area contributed by atoms with Crippen molar-refractivity contribution in [3.05, 3.63) is 95.9 Å². The van der Waals surface area contributed by atoms with Gasteiger partial charge >= 0.3 is 0 Å². The lowest BCUT2D eigenvalue weighted by molar-refractivity contribution is 0.102. The summed E-state index contributed by atoms with van der Waals surface area (Å²) in [5, 5.41) is 37.3. The smallest absolute Gasteiger partial charge is 0.259 e. The van der Waals surface area contributed by atoms with Crippen LogP contribution in [0.3, 0.4) is 0 Å². The molecule has 2 aromatic heterocycles. The predicted molar refractivity (Wildman–Crippen MR) is 133 cm³/mol. The molecule has 1 amide bonds. The number of aromatic hydroxyl groups is 1. The molecule has 3 aromatic carbocycles. The van der Waals surface area contributed by atoms with E-state index in [0.29, 0.717) is 16.5 Å². The van der Waals surface area contributed by atoms with Crippen LogP contribution in [0.15, 0.2) is 89.5 Å². The fraction of sp³-hybridized carbons (Fsp3) is 0.0385. The fourth-order valence-electron chi connectivity index (χ4n) is 3.67. The first-order chi connectivity index (χ1) is 17.5. The first-order valence-corrected chi connectivity index (χ1v) is 10.8. The van der Waals surface area contributed by atoms with Crippen LogP contribution in [0.25, 0.3) is 16.7 Å². The first kappa shape index (κ1) is 22.4. The summed E-state index contributed by atoms with van der Waals surface area (Å²) < 4.78 is 1.27. The standard InChI is InChI=1S/C26H18N8O2/c1-16-6-4-8-19(12-16)31-25(36)21-13-17-7-2-3-9-20(17)22(23(21)35)32-33-24-18(14-27)15-30-34(24)26-28-10-5-11-29-26/h2-13,15,35H,1H3,(H,31,36). The van der Waals surface area contributed by atoms with Gasteiger partial charge in [0.1, 0.15) is 17.3 Å². The third-order valence-corrected chi connectivity index (χ3v) is 5.37. The Morgan fingerprint density at radius 3 is 2.64 bits per heavy atom. The highest BCUT2D eigenvalue weighted by Crippen LogP contribution is 2.40. The van der Waals surface area contributed by atoms with Crippen molar-refractivity contribution in [3.63, 3.8) is 0 Å². The second-order valence-electron chi connectivity index (χ2n) is 7.82. The van der Waals surface area contributed by atoms with E-state index < -0.39 is 5.91 Å². The van der Waals surface area contributed by atoms with E-state index in [9.17, 15) is 15.2 Å². The van der Waals surface area contributed by atoms with E-state index in [1.54, 1.807) is 36.4 Å². The largest absolute Gasteiger partial charge is 0.505 e. The van der Waals surface area contributed by atoms with E-state index in [1.165, 1.54) is 23.3 Å². The Labute approximate surface area is 205 Å². The number of anilines is 1. The summed E-state index contributed by atoms with van der Waals surface area (Å²) in [4.78, 5) is 21.4. The highest BCUT2D eigenvalue weighted by molar-refractivity contribution is 6.11. The van der Waals surface area contributed by atoms with E-state index in [2.05, 4.69) is 30.6 Å². The zero-order valence-corrected chi connectivity index (χ0v) is 19.0. The monoisotopic (exact) mass is 474 g/mol. The number of amides is 1. The van der Waals surface area contributed by atoms with Gasteiger partial charge in [0.05, 0.1) is 11.8 Å². The summed E-state index contributed by atoms with van der Waals surface area (Å²) >= 11 is 0. The number of fused-ring (bicyclic) bond motifs is 1. The van der Waals surface area contributed by atoms with Gasteiger partial charge in [-0.2, -0.15) is 15.0 Å². The predicted octanol–water partition coefficient (Wildman–Crippen LogP) is 5.37. The minimum atomic E-state index is -0.499. The summed E-state index contributed by atoms with van der Waals surface area (Å²) in [5.41, 5.74) is 1.83. The van der Waals surface area contributed by atoms with Crippen molar-refractivity contribution in [1.82, 2.24) is 19.7 Å². The summed E-state index contributed by atoms with van der Waals surface area (Å²) in [7, 11) is 0. The second-order valence-corrected chi connectivity index (χ2v) is 7.82. The number of nitrogens with zero attached hydrogens (tertiary/aromatic N) is 7. The van der Waals surface area contributed by atoms with Crippen LogP contribution in [0.5, 0.6) is 5.75 Å². The molecular formula is C26H18N8O2. The second kappa shape index (κ2) is 9.44. The van der Waals surface area contributed by atoms with E-state index in [0.717, 1.165) is 5.56 Å². The zero-order chi connectivity index (χ0) is 25.1. The quantitative estimate of drug-likeness (QED) is 0.328. The lowest BCUT2D eigenvalue weighted by atomic mass is 10.0. The number of phenols is 1. The number of carbonyl (C=O) groups is 1. The lowest BCUT2D eigenvalue weighted by Gasteiger charge is -2.11. The molecule has 0 bridgehead atoms. The van der Waals surface area contributed by atoms with Crippen LogP contribution in [-0.4, -0.2) is 30.8 Å². The van der Waals surface area contributed by atoms with Crippen LogP contribution in [0.1, 0.15) is 21.5 Å². The Balaban J connectivity index is 1.61. The van der Waals surface area contributed by atoms with Crippen molar-refractivity contribution < 1.29 is 9.90 Å². The number of hydrogen-bond acceptors (Lipinski definition) is 8. The van der Waals surface area contributed by atoms with Gasteiger partial charge in [-0.1, -0.05) is 36.4 Å². The number of aryl methyl sites for hydroxylation is 1. The summed E-state index contributed by atoms with van der Waals surface area (Å²) in [5.74, 6) is -0.556. The van der Waals surface area contributed by atoms with Crippen molar-refractivity contribution in [2.75, 3.05) is 5.32 Å². The maximum atomic E-state index is 13.1. The third-order valence-electron chi connectivity index (χ3n) is 5.37. The molecule has 36 heavy (non-hydrogen) atoms.